The number of ether oxygens (including phenoxy) is 1. The minimum Gasteiger partial charge on any atom is -0.452 e. The number of rotatable bonds is 5. The van der Waals surface area contributed by atoms with Gasteiger partial charge in [-0.15, -0.1) is 0 Å². The Kier molecular flexibility index (Phi) is 5.47. The number of likely N-dealkylation sites (N-methyl/N-ethyl adjacent to an activating group) is 1. The first-order valence-electron chi connectivity index (χ1n) is 9.97. The van der Waals surface area contributed by atoms with E-state index < -0.39 is 22.4 Å². The van der Waals surface area contributed by atoms with Crippen LogP contribution in [0.5, 0.6) is 0 Å². The first-order chi connectivity index (χ1) is 14.4. The van der Waals surface area contributed by atoms with E-state index in [2.05, 4.69) is 0 Å². The second kappa shape index (κ2) is 8.07. The molecule has 0 N–H and O–H groups in total. The van der Waals surface area contributed by atoms with Gasteiger partial charge >= 0.3 is 5.97 Å². The number of esters is 1. The fourth-order valence-electron chi connectivity index (χ4n) is 4.18. The number of amides is 1. The van der Waals surface area contributed by atoms with Crippen LogP contribution in [0.3, 0.4) is 0 Å². The highest BCUT2D eigenvalue weighted by atomic mass is 32.2. The Hall–Kier alpha value is -2.93. The van der Waals surface area contributed by atoms with E-state index in [1.165, 1.54) is 4.90 Å². The number of carbonyl (C=O) groups excluding carboxylic acids is 2. The molecule has 4 rings (SSSR count). The quantitative estimate of drug-likeness (QED) is 0.463. The van der Waals surface area contributed by atoms with Crippen LogP contribution in [0.15, 0.2) is 54.6 Å². The van der Waals surface area contributed by atoms with Crippen molar-refractivity contribution in [3.8, 4) is 0 Å². The molecule has 1 aliphatic rings. The molecule has 0 saturated carbocycles. The van der Waals surface area contributed by atoms with Crippen LogP contribution in [0.1, 0.15) is 23.7 Å². The molecule has 1 saturated heterocycles. The molecule has 1 aliphatic heterocycles. The summed E-state index contributed by atoms with van der Waals surface area (Å²) in [7, 11) is -3.11. The largest absolute Gasteiger partial charge is 0.452 e. The third kappa shape index (κ3) is 3.89. The summed E-state index contributed by atoms with van der Waals surface area (Å²) in [5.41, 5.74) is 0.433. The predicted molar refractivity (Wildman–Crippen MR) is 116 cm³/mol. The van der Waals surface area contributed by atoms with Crippen LogP contribution < -0.4 is 0 Å². The maximum atomic E-state index is 13.0. The molecule has 1 amide bonds. The van der Waals surface area contributed by atoms with Gasteiger partial charge in [-0.3, -0.25) is 4.79 Å². The lowest BCUT2D eigenvalue weighted by molar-refractivity contribution is -0.136. The van der Waals surface area contributed by atoms with Crippen LogP contribution in [0.25, 0.3) is 21.5 Å². The van der Waals surface area contributed by atoms with Gasteiger partial charge in [0.15, 0.2) is 16.4 Å². The van der Waals surface area contributed by atoms with Crippen LogP contribution in [-0.2, 0) is 19.4 Å². The molecular weight excluding hydrogens is 402 g/mol. The number of hydrogen-bond donors (Lipinski definition) is 0. The van der Waals surface area contributed by atoms with Gasteiger partial charge in [-0.2, -0.15) is 0 Å². The molecule has 7 heteroatoms. The van der Waals surface area contributed by atoms with Crippen LogP contribution in [0.4, 0.5) is 0 Å². The van der Waals surface area contributed by atoms with Crippen molar-refractivity contribution < 1.29 is 22.7 Å². The van der Waals surface area contributed by atoms with Crippen LogP contribution in [0.2, 0.25) is 0 Å². The third-order valence-electron chi connectivity index (χ3n) is 5.61. The maximum Gasteiger partial charge on any atom is 0.339 e. The van der Waals surface area contributed by atoms with Crippen molar-refractivity contribution in [2.24, 2.45) is 0 Å². The van der Waals surface area contributed by atoms with E-state index in [-0.39, 0.29) is 23.5 Å². The van der Waals surface area contributed by atoms with Gasteiger partial charge < -0.3 is 9.64 Å². The molecule has 0 aliphatic carbocycles. The monoisotopic (exact) mass is 425 g/mol. The number of nitrogens with zero attached hydrogens (tertiary/aromatic N) is 1. The first-order valence-corrected chi connectivity index (χ1v) is 11.8. The van der Waals surface area contributed by atoms with Crippen molar-refractivity contribution in [3.63, 3.8) is 0 Å². The number of hydrogen-bond acceptors (Lipinski definition) is 5. The fourth-order valence-corrected chi connectivity index (χ4v) is 5.91. The Morgan fingerprint density at radius 3 is 2.17 bits per heavy atom. The van der Waals surface area contributed by atoms with Crippen LogP contribution >= 0.6 is 0 Å². The molecular formula is C23H23NO5S. The van der Waals surface area contributed by atoms with Gasteiger partial charge in [0.05, 0.1) is 17.1 Å². The lowest BCUT2D eigenvalue weighted by atomic mass is 9.97. The molecule has 3 aromatic rings. The molecule has 0 aromatic heterocycles. The lowest BCUT2D eigenvalue weighted by Crippen LogP contribution is -2.43. The van der Waals surface area contributed by atoms with Crippen molar-refractivity contribution in [1.82, 2.24) is 4.90 Å². The van der Waals surface area contributed by atoms with Crippen LogP contribution in [0, 0.1) is 0 Å². The zero-order valence-electron chi connectivity index (χ0n) is 16.7. The second-order valence-corrected chi connectivity index (χ2v) is 9.74. The molecule has 156 valence electrons. The zero-order chi connectivity index (χ0) is 21.3. The van der Waals surface area contributed by atoms with E-state index in [9.17, 15) is 18.0 Å². The summed E-state index contributed by atoms with van der Waals surface area (Å²) in [6.07, 6.45) is 0.420. The number of benzene rings is 3. The van der Waals surface area contributed by atoms with Crippen molar-refractivity contribution in [3.05, 3.63) is 60.2 Å². The fraction of sp³-hybridized carbons (Fsp3) is 0.304. The highest BCUT2D eigenvalue weighted by Gasteiger charge is 2.34. The van der Waals surface area contributed by atoms with E-state index in [0.29, 0.717) is 18.5 Å². The van der Waals surface area contributed by atoms with E-state index in [1.54, 1.807) is 6.92 Å². The average Bonchev–Trinajstić information content (AvgIpc) is 3.10. The highest BCUT2D eigenvalue weighted by Crippen LogP contribution is 2.29. The summed E-state index contributed by atoms with van der Waals surface area (Å²) in [5, 5.41) is 3.37. The van der Waals surface area contributed by atoms with E-state index in [0.717, 1.165) is 21.5 Å². The molecule has 1 heterocycles. The summed E-state index contributed by atoms with van der Waals surface area (Å²) >= 11 is 0. The van der Waals surface area contributed by atoms with Gasteiger partial charge in [-0.25, -0.2) is 13.2 Å². The van der Waals surface area contributed by atoms with Gasteiger partial charge in [-0.1, -0.05) is 48.5 Å². The highest BCUT2D eigenvalue weighted by molar-refractivity contribution is 7.91. The molecule has 1 fully saturated rings. The first kappa shape index (κ1) is 20.3. The Morgan fingerprint density at radius 1 is 1.03 bits per heavy atom. The van der Waals surface area contributed by atoms with Crippen molar-refractivity contribution in [2.75, 3.05) is 24.7 Å². The number of fused-ring (bicyclic) bond motifs is 2. The topological polar surface area (TPSA) is 80.8 Å². The third-order valence-corrected chi connectivity index (χ3v) is 7.36. The summed E-state index contributed by atoms with van der Waals surface area (Å²) in [6.45, 7) is 1.75. The number of sulfone groups is 1. The Labute approximate surface area is 175 Å². The van der Waals surface area contributed by atoms with Crippen molar-refractivity contribution >= 4 is 43.3 Å². The molecule has 6 nitrogen and oxygen atoms in total. The van der Waals surface area contributed by atoms with Gasteiger partial charge in [0.1, 0.15) is 0 Å². The summed E-state index contributed by atoms with van der Waals surface area (Å²) in [5.74, 6) is -0.888. The summed E-state index contributed by atoms with van der Waals surface area (Å²) in [6, 6.07) is 16.8. The predicted octanol–water partition coefficient (Wildman–Crippen LogP) is 3.19. The Bertz CT molecular complexity index is 1180. The Balaban J connectivity index is 1.58. The smallest absolute Gasteiger partial charge is 0.339 e. The molecule has 0 radical (unpaired) electrons. The van der Waals surface area contributed by atoms with E-state index in [4.69, 9.17) is 4.74 Å². The minimum atomic E-state index is -3.11. The molecule has 0 bridgehead atoms. The van der Waals surface area contributed by atoms with Crippen molar-refractivity contribution in [2.45, 2.75) is 19.4 Å². The summed E-state index contributed by atoms with van der Waals surface area (Å²) in [4.78, 5) is 27.2. The van der Waals surface area contributed by atoms with Gasteiger partial charge in [0.2, 0.25) is 0 Å². The molecule has 0 spiro atoms. The van der Waals surface area contributed by atoms with Gasteiger partial charge in [0.25, 0.3) is 5.91 Å². The van der Waals surface area contributed by atoms with Crippen LogP contribution in [-0.4, -0.2) is 55.9 Å². The van der Waals surface area contributed by atoms with E-state index >= 15 is 0 Å². The van der Waals surface area contributed by atoms with Crippen molar-refractivity contribution in [1.29, 1.82) is 0 Å². The average molecular weight is 426 g/mol. The van der Waals surface area contributed by atoms with E-state index in [1.807, 2.05) is 54.6 Å². The standard InChI is InChI=1S/C23H23NO5S/c1-2-24(18-11-12-30(27,28)15-18)21(25)14-29-23(26)22-19-9-5-3-7-16(19)13-17-8-4-6-10-20(17)22/h3-10,13,18H,2,11-12,14-15H2,1H3/t18-/m0/s1. The lowest BCUT2D eigenvalue weighted by Gasteiger charge is -2.26. The molecule has 0 unspecified atom stereocenters. The van der Waals surface area contributed by atoms with Gasteiger partial charge in [0, 0.05) is 12.6 Å². The molecule has 3 aromatic carbocycles. The zero-order valence-corrected chi connectivity index (χ0v) is 17.5. The molecule has 30 heavy (non-hydrogen) atoms. The maximum absolute atomic E-state index is 13.0. The molecule has 1 atom stereocenters. The normalized spacial score (nSPS) is 17.8. The number of carbonyl (C=O) groups is 2. The Morgan fingerprint density at radius 2 is 1.63 bits per heavy atom. The SMILES string of the molecule is CCN(C(=O)COC(=O)c1c2ccccc2cc2ccccc12)[C@H]1CCS(=O)(=O)C1. The minimum absolute atomic E-state index is 0.0332. The van der Waals surface area contributed by atoms with Gasteiger partial charge in [-0.05, 0) is 41.0 Å². The second-order valence-electron chi connectivity index (χ2n) is 7.51. The summed E-state index contributed by atoms with van der Waals surface area (Å²) < 4.78 is 28.9.